The van der Waals surface area contributed by atoms with E-state index >= 15 is 0 Å². The van der Waals surface area contributed by atoms with Crippen LogP contribution >= 0.6 is 0 Å². The van der Waals surface area contributed by atoms with E-state index in [0.717, 1.165) is 77.0 Å². The summed E-state index contributed by atoms with van der Waals surface area (Å²) < 4.78 is 22.4. The van der Waals surface area contributed by atoms with Crippen molar-refractivity contribution in [1.29, 1.82) is 0 Å². The highest BCUT2D eigenvalue weighted by Gasteiger charge is 2.21. The van der Waals surface area contributed by atoms with Crippen LogP contribution in [0.15, 0.2) is 85.1 Å². The third-order valence-electron chi connectivity index (χ3n) is 8.39. The molecule has 0 aliphatic carbocycles. The van der Waals surface area contributed by atoms with Gasteiger partial charge in [-0.15, -0.1) is 0 Å². The van der Waals surface area contributed by atoms with Crippen LogP contribution in [0.4, 0.5) is 0 Å². The van der Waals surface area contributed by atoms with Crippen LogP contribution in [0.1, 0.15) is 136 Å². The van der Waals surface area contributed by atoms with Crippen molar-refractivity contribution in [3.8, 4) is 0 Å². The highest BCUT2D eigenvalue weighted by atomic mass is 16.7. The van der Waals surface area contributed by atoms with Crippen LogP contribution in [0, 0.1) is 0 Å². The van der Waals surface area contributed by atoms with Gasteiger partial charge >= 0.3 is 11.9 Å². The highest BCUT2D eigenvalue weighted by molar-refractivity contribution is 5.70. The maximum Gasteiger partial charge on any atom is 0.306 e. The number of hydrogen-bond donors (Lipinski definition) is 0. The third kappa shape index (κ3) is 38.7. The van der Waals surface area contributed by atoms with E-state index in [0.29, 0.717) is 23.9 Å². The first-order valence-corrected chi connectivity index (χ1v) is 21.2. The Morgan fingerprint density at radius 1 is 0.554 bits per heavy atom. The minimum atomic E-state index is -1.64. The van der Waals surface area contributed by atoms with Crippen molar-refractivity contribution in [1.82, 2.24) is 0 Å². The lowest BCUT2D eigenvalue weighted by atomic mass is 10.1. The molecule has 0 heterocycles. The average Bonchev–Trinajstić information content (AvgIpc) is 3.15. The fourth-order valence-corrected chi connectivity index (χ4v) is 5.08. The zero-order valence-electron chi connectivity index (χ0n) is 35.7. The molecule has 2 atom stereocenters. The Bertz CT molecular complexity index is 1190. The summed E-state index contributed by atoms with van der Waals surface area (Å²) in [6.45, 7) is 4.46. The smallest absolute Gasteiger partial charge is 0.306 e. The molecule has 0 bridgehead atoms. The van der Waals surface area contributed by atoms with Crippen LogP contribution in [-0.4, -0.2) is 82.3 Å². The second kappa shape index (κ2) is 38.3. The van der Waals surface area contributed by atoms with Gasteiger partial charge in [0.15, 0.2) is 12.4 Å². The van der Waals surface area contributed by atoms with Crippen LogP contribution in [0.3, 0.4) is 0 Å². The second-order valence-electron chi connectivity index (χ2n) is 14.9. The predicted molar refractivity (Wildman–Crippen MR) is 227 cm³/mol. The largest absolute Gasteiger partial charge is 0.545 e. The van der Waals surface area contributed by atoms with Crippen LogP contribution in [0.25, 0.3) is 0 Å². The molecule has 0 fully saturated rings. The van der Waals surface area contributed by atoms with Gasteiger partial charge in [0.2, 0.25) is 0 Å². The summed E-state index contributed by atoms with van der Waals surface area (Å²) in [7, 11) is 5.87. The van der Waals surface area contributed by atoms with Gasteiger partial charge in [-0.2, -0.15) is 0 Å². The van der Waals surface area contributed by atoms with E-state index in [1.54, 1.807) is 0 Å². The van der Waals surface area contributed by atoms with Gasteiger partial charge in [0.25, 0.3) is 0 Å². The fraction of sp³-hybridized carbons (Fsp3) is 0.638. The summed E-state index contributed by atoms with van der Waals surface area (Å²) >= 11 is 0. The number of carbonyl (C=O) groups excluding carboxylic acids is 3. The van der Waals surface area contributed by atoms with Crippen molar-refractivity contribution in [3.63, 3.8) is 0 Å². The molecule has 9 heteroatoms. The van der Waals surface area contributed by atoms with Crippen LogP contribution < -0.4 is 5.11 Å². The van der Waals surface area contributed by atoms with Gasteiger partial charge < -0.3 is 33.3 Å². The minimum absolute atomic E-state index is 0.116. The number of likely N-dealkylation sites (N-methyl/N-ethyl adjacent to an activating group) is 1. The monoisotopic (exact) mass is 784 g/mol. The van der Waals surface area contributed by atoms with E-state index in [4.69, 9.17) is 18.9 Å². The highest BCUT2D eigenvalue weighted by Crippen LogP contribution is 2.11. The van der Waals surface area contributed by atoms with Crippen molar-refractivity contribution < 1.29 is 42.9 Å². The Hall–Kier alpha value is -3.53. The van der Waals surface area contributed by atoms with Gasteiger partial charge in [0.05, 0.1) is 40.3 Å². The Kier molecular flexibility index (Phi) is 35.9. The number of aliphatic carboxylic acids is 1. The van der Waals surface area contributed by atoms with E-state index in [1.165, 1.54) is 19.3 Å². The summed E-state index contributed by atoms with van der Waals surface area (Å²) in [5.74, 6) is -2.43. The number of carboxylic acid groups (broad SMARTS) is 1. The standard InChI is InChI=1S/C47H77NO8/c1-6-8-10-12-14-16-18-20-21-22-23-24-25-26-28-30-32-34-36-38-45(50)56-43(42-55-47(46(51)52)53-40-39-48(3,4)5)41-54-44(49)37-35-33-31-29-27-19-17-15-13-11-9-7-2/h8,10,14-17,20-21,23-24,26,28,32,34,43,47H,6-7,9,11-13,18-19,22,25,27,29-31,33,35-42H2,1-5H3/b10-8-,16-14-,17-15-,21-20-,24-23-,28-26-,34-32-. The maximum absolute atomic E-state index is 12.7. The molecule has 56 heavy (non-hydrogen) atoms. The van der Waals surface area contributed by atoms with E-state index in [9.17, 15) is 19.5 Å². The van der Waals surface area contributed by atoms with E-state index in [2.05, 4.69) is 86.8 Å². The van der Waals surface area contributed by atoms with E-state index in [-0.39, 0.29) is 32.7 Å². The number of rotatable bonds is 37. The number of hydrogen-bond acceptors (Lipinski definition) is 8. The molecule has 0 saturated carbocycles. The Morgan fingerprint density at radius 2 is 1.05 bits per heavy atom. The fourth-order valence-electron chi connectivity index (χ4n) is 5.08. The molecule has 0 amide bonds. The maximum atomic E-state index is 12.7. The van der Waals surface area contributed by atoms with E-state index < -0.39 is 30.3 Å². The summed E-state index contributed by atoms with van der Waals surface area (Å²) in [5.41, 5.74) is 0. The van der Waals surface area contributed by atoms with Crippen molar-refractivity contribution in [3.05, 3.63) is 85.1 Å². The van der Waals surface area contributed by atoms with Gasteiger partial charge in [-0.3, -0.25) is 9.59 Å². The third-order valence-corrected chi connectivity index (χ3v) is 8.39. The molecule has 0 aromatic heterocycles. The van der Waals surface area contributed by atoms with E-state index in [1.807, 2.05) is 33.3 Å². The van der Waals surface area contributed by atoms with Crippen molar-refractivity contribution >= 4 is 17.9 Å². The van der Waals surface area contributed by atoms with Crippen LogP contribution in [0.2, 0.25) is 0 Å². The lowest BCUT2D eigenvalue weighted by Gasteiger charge is -2.26. The number of quaternary nitrogens is 1. The number of ether oxygens (including phenoxy) is 4. The first kappa shape index (κ1) is 52.5. The molecule has 0 aromatic rings. The Labute approximate surface area is 340 Å². The first-order valence-electron chi connectivity index (χ1n) is 21.2. The summed E-state index contributed by atoms with van der Waals surface area (Å²) in [6.07, 6.45) is 44.9. The normalized spacial score (nSPS) is 13.8. The van der Waals surface area contributed by atoms with Crippen LogP contribution in [0.5, 0.6) is 0 Å². The quantitative estimate of drug-likeness (QED) is 0.0202. The molecular weight excluding hydrogens is 707 g/mol. The zero-order valence-corrected chi connectivity index (χ0v) is 35.7. The summed E-state index contributed by atoms with van der Waals surface area (Å²) in [4.78, 5) is 36.8. The lowest BCUT2D eigenvalue weighted by molar-refractivity contribution is -0.870. The Balaban J connectivity index is 4.64. The molecule has 0 radical (unpaired) electrons. The summed E-state index contributed by atoms with van der Waals surface area (Å²) in [6, 6.07) is 0. The molecule has 0 rings (SSSR count). The second-order valence-corrected chi connectivity index (χ2v) is 14.9. The zero-order chi connectivity index (χ0) is 41.4. The number of unbranched alkanes of at least 4 members (excludes halogenated alkanes) is 8. The van der Waals surface area contributed by atoms with Crippen molar-refractivity contribution in [2.75, 3.05) is 47.5 Å². The lowest BCUT2D eigenvalue weighted by Crippen LogP contribution is -2.44. The van der Waals surface area contributed by atoms with Gasteiger partial charge in [-0.05, 0) is 77.0 Å². The SMILES string of the molecule is CC/C=C\C/C=C\C/C=C\C/C=C\C/C=C\C/C=C\CCC(=O)OC(COC(=O)CCCCCCC/C=C\CCCCC)COC(OCC[N+](C)(C)C)C(=O)[O-]. The van der Waals surface area contributed by atoms with Gasteiger partial charge in [0.1, 0.15) is 13.2 Å². The molecule has 0 aliphatic rings. The number of allylic oxidation sites excluding steroid dienone is 14. The van der Waals surface area contributed by atoms with Gasteiger partial charge in [-0.25, -0.2) is 0 Å². The molecule has 9 nitrogen and oxygen atoms in total. The molecule has 0 aliphatic heterocycles. The van der Waals surface area contributed by atoms with Crippen molar-refractivity contribution in [2.45, 2.75) is 148 Å². The number of nitrogens with zero attached hydrogens (tertiary/aromatic N) is 1. The molecular formula is C47H77NO8. The average molecular weight is 784 g/mol. The topological polar surface area (TPSA) is 111 Å². The Morgan fingerprint density at radius 3 is 1.59 bits per heavy atom. The van der Waals surface area contributed by atoms with Crippen molar-refractivity contribution in [2.24, 2.45) is 0 Å². The molecule has 0 spiro atoms. The number of esters is 2. The molecule has 0 N–H and O–H groups in total. The minimum Gasteiger partial charge on any atom is -0.545 e. The van der Waals surface area contributed by atoms with Gasteiger partial charge in [0, 0.05) is 12.8 Å². The molecule has 318 valence electrons. The molecule has 0 saturated heterocycles. The first-order chi connectivity index (χ1) is 27.1. The molecule has 2 unspecified atom stereocenters. The summed E-state index contributed by atoms with van der Waals surface area (Å²) in [5, 5.41) is 11.7. The molecule has 0 aromatic carbocycles. The number of carbonyl (C=O) groups is 3. The van der Waals surface area contributed by atoms with Crippen LogP contribution in [-0.2, 0) is 33.3 Å². The predicted octanol–water partition coefficient (Wildman–Crippen LogP) is 9.60. The number of carboxylic acids is 1. The van der Waals surface area contributed by atoms with Gasteiger partial charge in [-0.1, -0.05) is 131 Å².